The van der Waals surface area contributed by atoms with Gasteiger partial charge in [-0.15, -0.1) is 0 Å². The molecule has 114 valence electrons. The average Bonchev–Trinajstić information content (AvgIpc) is 2.35. The number of ether oxygens (including phenoxy) is 1. The molecule has 0 spiro atoms. The molecule has 0 aliphatic carbocycles. The summed E-state index contributed by atoms with van der Waals surface area (Å²) in [5, 5.41) is 8.50. The molecule has 0 bridgehead atoms. The van der Waals surface area contributed by atoms with Gasteiger partial charge in [0.25, 0.3) is 0 Å². The first-order valence-electron chi connectivity index (χ1n) is 5.67. The molecule has 10 heteroatoms. The van der Waals surface area contributed by atoms with Crippen molar-refractivity contribution in [2.45, 2.75) is 6.92 Å². The molecule has 0 atom stereocenters. The highest BCUT2D eigenvalue weighted by Crippen LogP contribution is 2.09. The van der Waals surface area contributed by atoms with Gasteiger partial charge in [-0.25, -0.2) is 19.3 Å². The molecule has 1 aromatic heterocycles. The van der Waals surface area contributed by atoms with Crippen LogP contribution in [0.1, 0.15) is 12.5 Å². The van der Waals surface area contributed by atoms with E-state index < -0.39 is 22.3 Å². The molecule has 0 unspecified atom stereocenters. The molecule has 1 amide bonds. The Morgan fingerprint density at radius 2 is 2.19 bits per heavy atom. The molecule has 0 saturated carbocycles. The number of rotatable bonds is 6. The number of hydrogen-bond donors (Lipinski definition) is 3. The van der Waals surface area contributed by atoms with Crippen molar-refractivity contribution in [1.82, 2.24) is 9.71 Å². The summed E-state index contributed by atoms with van der Waals surface area (Å²) in [5.41, 5.74) is 0.418. The first-order chi connectivity index (χ1) is 9.82. The van der Waals surface area contributed by atoms with E-state index >= 15 is 0 Å². The van der Waals surface area contributed by atoms with Gasteiger partial charge in [-0.3, -0.25) is 4.72 Å². The Hall–Kier alpha value is -2.62. The minimum Gasteiger partial charge on any atom is -0.478 e. The third-order valence-electron chi connectivity index (χ3n) is 1.93. The second-order valence-corrected chi connectivity index (χ2v) is 4.99. The second kappa shape index (κ2) is 7.24. The summed E-state index contributed by atoms with van der Waals surface area (Å²) in [6, 6.07) is 2.78. The van der Waals surface area contributed by atoms with Gasteiger partial charge in [0, 0.05) is 12.3 Å². The van der Waals surface area contributed by atoms with Crippen LogP contribution in [-0.4, -0.2) is 37.2 Å². The number of aliphatic carboxylic acids is 1. The second-order valence-electron chi connectivity index (χ2n) is 3.57. The van der Waals surface area contributed by atoms with Crippen LogP contribution in [0.2, 0.25) is 0 Å². The number of pyridine rings is 1. The van der Waals surface area contributed by atoms with Crippen molar-refractivity contribution in [1.29, 1.82) is 0 Å². The molecule has 1 heterocycles. The van der Waals surface area contributed by atoms with Crippen molar-refractivity contribution in [2.75, 3.05) is 11.3 Å². The van der Waals surface area contributed by atoms with E-state index in [1.54, 1.807) is 4.72 Å². The highest BCUT2D eigenvalue weighted by atomic mass is 32.2. The molecule has 0 fully saturated rings. The first kappa shape index (κ1) is 16.4. The van der Waals surface area contributed by atoms with Gasteiger partial charge >= 0.3 is 22.3 Å². The van der Waals surface area contributed by atoms with Crippen LogP contribution in [-0.2, 0) is 19.7 Å². The van der Waals surface area contributed by atoms with Gasteiger partial charge in [0.2, 0.25) is 0 Å². The highest BCUT2D eigenvalue weighted by Gasteiger charge is 2.15. The van der Waals surface area contributed by atoms with Gasteiger partial charge in [-0.2, -0.15) is 8.42 Å². The fourth-order valence-electron chi connectivity index (χ4n) is 1.21. The normalized spacial score (nSPS) is 11.1. The zero-order chi connectivity index (χ0) is 15.9. The Labute approximate surface area is 120 Å². The van der Waals surface area contributed by atoms with E-state index in [0.717, 1.165) is 6.08 Å². The quantitative estimate of drug-likeness (QED) is 0.653. The maximum absolute atomic E-state index is 11.6. The number of anilines is 1. The molecule has 1 aromatic rings. The van der Waals surface area contributed by atoms with E-state index in [2.05, 4.69) is 9.72 Å². The minimum atomic E-state index is -4.18. The summed E-state index contributed by atoms with van der Waals surface area (Å²) >= 11 is 0. The van der Waals surface area contributed by atoms with Crippen LogP contribution in [0.3, 0.4) is 0 Å². The van der Waals surface area contributed by atoms with Crippen molar-refractivity contribution in [2.24, 2.45) is 0 Å². The summed E-state index contributed by atoms with van der Waals surface area (Å²) in [6.07, 6.45) is 2.32. The molecule has 0 radical (unpaired) electrons. The molecule has 0 aliphatic rings. The van der Waals surface area contributed by atoms with Crippen molar-refractivity contribution in [3.63, 3.8) is 0 Å². The van der Waals surface area contributed by atoms with Gasteiger partial charge in [0.05, 0.1) is 6.61 Å². The van der Waals surface area contributed by atoms with Crippen LogP contribution in [0, 0.1) is 0 Å². The van der Waals surface area contributed by atoms with E-state index in [0.29, 0.717) is 5.56 Å². The average molecular weight is 315 g/mol. The summed E-state index contributed by atoms with van der Waals surface area (Å²) in [4.78, 5) is 25.2. The highest BCUT2D eigenvalue weighted by molar-refractivity contribution is 7.91. The predicted octanol–water partition coefficient (Wildman–Crippen LogP) is 0.582. The molecular formula is C11H13N3O6S. The van der Waals surface area contributed by atoms with Crippen LogP contribution in [0.25, 0.3) is 6.08 Å². The SMILES string of the molecule is CCOC(=O)NS(=O)(=O)Nc1cc(/C=C/C(=O)O)ccn1. The lowest BCUT2D eigenvalue weighted by atomic mass is 10.2. The van der Waals surface area contributed by atoms with Gasteiger partial charge in [0.15, 0.2) is 0 Å². The Bertz CT molecular complexity index is 656. The van der Waals surface area contributed by atoms with E-state index in [9.17, 15) is 18.0 Å². The van der Waals surface area contributed by atoms with Gasteiger partial charge in [-0.1, -0.05) is 0 Å². The molecule has 21 heavy (non-hydrogen) atoms. The lowest BCUT2D eigenvalue weighted by Gasteiger charge is -2.08. The van der Waals surface area contributed by atoms with Crippen LogP contribution in [0.5, 0.6) is 0 Å². The molecule has 0 aromatic carbocycles. The number of carbonyl (C=O) groups is 2. The molecule has 1 rings (SSSR count). The zero-order valence-electron chi connectivity index (χ0n) is 10.9. The van der Waals surface area contributed by atoms with Gasteiger partial charge in [0.1, 0.15) is 5.82 Å². The maximum Gasteiger partial charge on any atom is 0.422 e. The summed E-state index contributed by atoms with van der Waals surface area (Å²) in [5.74, 6) is -1.22. The summed E-state index contributed by atoms with van der Waals surface area (Å²) < 4.78 is 31.2. The minimum absolute atomic E-state index is 0.0229. The van der Waals surface area contributed by atoms with Crippen molar-refractivity contribution in [3.05, 3.63) is 30.0 Å². The third-order valence-corrected chi connectivity index (χ3v) is 2.85. The Balaban J connectivity index is 2.80. The Morgan fingerprint density at radius 3 is 2.81 bits per heavy atom. The fourth-order valence-corrected chi connectivity index (χ4v) is 1.92. The third kappa shape index (κ3) is 6.38. The monoisotopic (exact) mass is 315 g/mol. The smallest absolute Gasteiger partial charge is 0.422 e. The number of nitrogens with one attached hydrogen (secondary N) is 2. The van der Waals surface area contributed by atoms with Crippen molar-refractivity contribution >= 4 is 34.2 Å². The molecule has 0 aliphatic heterocycles. The summed E-state index contributed by atoms with van der Waals surface area (Å²) in [6.45, 7) is 1.55. The molecule has 0 saturated heterocycles. The number of carbonyl (C=O) groups excluding carboxylic acids is 1. The number of carboxylic acid groups (broad SMARTS) is 1. The topological polar surface area (TPSA) is 135 Å². The maximum atomic E-state index is 11.6. The Morgan fingerprint density at radius 1 is 1.48 bits per heavy atom. The number of nitrogens with zero attached hydrogens (tertiary/aromatic N) is 1. The first-order valence-corrected chi connectivity index (χ1v) is 7.15. The predicted molar refractivity (Wildman–Crippen MR) is 73.6 cm³/mol. The van der Waals surface area contributed by atoms with E-state index in [4.69, 9.17) is 5.11 Å². The lowest BCUT2D eigenvalue weighted by Crippen LogP contribution is -2.35. The zero-order valence-corrected chi connectivity index (χ0v) is 11.8. The van der Waals surface area contributed by atoms with Crippen LogP contribution in [0.15, 0.2) is 24.4 Å². The summed E-state index contributed by atoms with van der Waals surface area (Å²) in [7, 11) is -4.18. The number of carboxylic acids is 1. The van der Waals surface area contributed by atoms with E-state index in [1.165, 1.54) is 31.3 Å². The number of hydrogen-bond acceptors (Lipinski definition) is 6. The van der Waals surface area contributed by atoms with Crippen molar-refractivity contribution < 1.29 is 27.9 Å². The van der Waals surface area contributed by atoms with Crippen LogP contribution >= 0.6 is 0 Å². The number of aromatic nitrogens is 1. The largest absolute Gasteiger partial charge is 0.478 e. The molecule has 3 N–H and O–H groups in total. The molecular weight excluding hydrogens is 302 g/mol. The Kier molecular flexibility index (Phi) is 5.67. The fraction of sp³-hybridized carbons (Fsp3) is 0.182. The van der Waals surface area contributed by atoms with E-state index in [1.807, 2.05) is 4.72 Å². The van der Waals surface area contributed by atoms with E-state index in [-0.39, 0.29) is 12.4 Å². The number of amides is 1. The molecule has 9 nitrogen and oxygen atoms in total. The van der Waals surface area contributed by atoms with Crippen LogP contribution < -0.4 is 9.44 Å². The van der Waals surface area contributed by atoms with Gasteiger partial charge < -0.3 is 9.84 Å². The van der Waals surface area contributed by atoms with Crippen LogP contribution in [0.4, 0.5) is 10.6 Å². The van der Waals surface area contributed by atoms with Gasteiger partial charge in [-0.05, 0) is 30.7 Å². The van der Waals surface area contributed by atoms with Crippen molar-refractivity contribution in [3.8, 4) is 0 Å². The lowest BCUT2D eigenvalue weighted by molar-refractivity contribution is -0.131. The standard InChI is InChI=1S/C11H13N3O6S/c1-2-20-11(17)14-21(18,19)13-9-7-8(5-6-12-9)3-4-10(15)16/h3-7H,2H2,1H3,(H,12,13)(H,14,17)(H,15,16)/b4-3+.